The smallest absolute Gasteiger partial charge is 0.223 e. The number of nitrogens with zero attached hydrogens (tertiary/aromatic N) is 3. The second-order valence-corrected chi connectivity index (χ2v) is 5.81. The second kappa shape index (κ2) is 4.31. The molecule has 2 atom stereocenters. The number of amides is 1. The van der Waals surface area contributed by atoms with Gasteiger partial charge in [-0.3, -0.25) is 4.79 Å². The predicted octanol–water partition coefficient (Wildman–Crippen LogP) is 1.49. The lowest BCUT2D eigenvalue weighted by Crippen LogP contribution is -2.49. The number of fused-ring (bicyclic) bond motifs is 1. The van der Waals surface area contributed by atoms with Gasteiger partial charge in [-0.2, -0.15) is 0 Å². The van der Waals surface area contributed by atoms with Gasteiger partial charge in [-0.05, 0) is 31.4 Å². The van der Waals surface area contributed by atoms with Crippen LogP contribution in [0.2, 0.25) is 0 Å². The minimum Gasteiger partial charge on any atom is -0.329 e. The molecular formula is C15H18N4O. The van der Waals surface area contributed by atoms with Crippen LogP contribution in [0.3, 0.4) is 0 Å². The molecule has 0 spiro atoms. The third-order valence-electron chi connectivity index (χ3n) is 4.31. The second-order valence-electron chi connectivity index (χ2n) is 5.81. The van der Waals surface area contributed by atoms with Crippen molar-refractivity contribution in [1.29, 1.82) is 0 Å². The maximum absolute atomic E-state index is 12.3. The molecule has 1 aliphatic heterocycles. The number of piperidine rings is 1. The van der Waals surface area contributed by atoms with Crippen LogP contribution in [0.4, 0.5) is 0 Å². The Morgan fingerprint density at radius 1 is 1.25 bits per heavy atom. The van der Waals surface area contributed by atoms with E-state index in [1.165, 1.54) is 0 Å². The lowest BCUT2D eigenvalue weighted by Gasteiger charge is -2.39. The molecule has 1 saturated carbocycles. The van der Waals surface area contributed by atoms with Crippen LogP contribution in [0, 0.1) is 0 Å². The lowest BCUT2D eigenvalue weighted by molar-refractivity contribution is -0.138. The fraction of sp³-hybridized carbons (Fsp3) is 0.467. The number of likely N-dealkylation sites (tertiary alicyclic amines) is 1. The molecule has 0 aromatic carbocycles. The molecule has 5 heteroatoms. The van der Waals surface area contributed by atoms with E-state index in [0.29, 0.717) is 12.5 Å². The topological polar surface area (TPSA) is 63.6 Å². The fourth-order valence-corrected chi connectivity index (χ4v) is 3.18. The van der Waals surface area contributed by atoms with Crippen molar-refractivity contribution < 1.29 is 4.79 Å². The highest BCUT2D eigenvalue weighted by atomic mass is 16.2. The summed E-state index contributed by atoms with van der Waals surface area (Å²) in [6, 6.07) is 6.21. The summed E-state index contributed by atoms with van der Waals surface area (Å²) in [5.41, 5.74) is 8.13. The first-order valence-corrected chi connectivity index (χ1v) is 7.24. The Kier molecular flexibility index (Phi) is 2.57. The van der Waals surface area contributed by atoms with Gasteiger partial charge in [-0.25, -0.2) is 4.98 Å². The third kappa shape index (κ3) is 1.81. The average molecular weight is 270 g/mol. The van der Waals surface area contributed by atoms with Crippen molar-refractivity contribution >= 4 is 11.6 Å². The molecule has 2 aliphatic rings. The molecule has 4 rings (SSSR count). The van der Waals surface area contributed by atoms with Crippen molar-refractivity contribution in [2.75, 3.05) is 0 Å². The normalized spacial score (nSPS) is 27.2. The van der Waals surface area contributed by atoms with Gasteiger partial charge in [0.15, 0.2) is 0 Å². The number of pyridine rings is 1. The minimum absolute atomic E-state index is 0.0155. The van der Waals surface area contributed by atoms with Crippen LogP contribution in [0.5, 0.6) is 0 Å². The highest BCUT2D eigenvalue weighted by Gasteiger charge is 2.43. The third-order valence-corrected chi connectivity index (χ3v) is 4.31. The predicted molar refractivity (Wildman–Crippen MR) is 75.0 cm³/mol. The van der Waals surface area contributed by atoms with Crippen LogP contribution < -0.4 is 5.73 Å². The van der Waals surface area contributed by atoms with E-state index in [9.17, 15) is 4.79 Å². The van der Waals surface area contributed by atoms with E-state index < -0.39 is 0 Å². The summed E-state index contributed by atoms with van der Waals surface area (Å²) in [6.45, 7) is 0. The van der Waals surface area contributed by atoms with Gasteiger partial charge in [0, 0.05) is 30.9 Å². The van der Waals surface area contributed by atoms with Gasteiger partial charge in [0.05, 0.1) is 11.7 Å². The number of nitrogens with two attached hydrogens (primary N) is 1. The molecule has 20 heavy (non-hydrogen) atoms. The van der Waals surface area contributed by atoms with Gasteiger partial charge in [0.2, 0.25) is 5.91 Å². The van der Waals surface area contributed by atoms with Crippen LogP contribution in [0.15, 0.2) is 30.6 Å². The standard InChI is InChI=1S/C15H18N4O/c16-11-6-7-14(20)19(10-4-5-10)15(11)12-9-18-8-2-1-3-13(18)17-12/h1-3,8-11,15H,4-7,16H2. The molecule has 5 nitrogen and oxygen atoms in total. The quantitative estimate of drug-likeness (QED) is 0.899. The van der Waals surface area contributed by atoms with E-state index in [1.807, 2.05) is 39.9 Å². The highest BCUT2D eigenvalue weighted by molar-refractivity contribution is 5.78. The van der Waals surface area contributed by atoms with E-state index in [4.69, 9.17) is 5.73 Å². The number of aromatic nitrogens is 2. The van der Waals surface area contributed by atoms with E-state index in [2.05, 4.69) is 4.98 Å². The summed E-state index contributed by atoms with van der Waals surface area (Å²) < 4.78 is 1.99. The van der Waals surface area contributed by atoms with Gasteiger partial charge in [0.25, 0.3) is 0 Å². The molecule has 0 radical (unpaired) electrons. The molecule has 1 saturated heterocycles. The zero-order chi connectivity index (χ0) is 13.7. The molecule has 0 bridgehead atoms. The number of imidazole rings is 1. The van der Waals surface area contributed by atoms with E-state index in [-0.39, 0.29) is 18.0 Å². The summed E-state index contributed by atoms with van der Waals surface area (Å²) in [5.74, 6) is 0.233. The van der Waals surface area contributed by atoms with E-state index >= 15 is 0 Å². The summed E-state index contributed by atoms with van der Waals surface area (Å²) in [7, 11) is 0. The summed E-state index contributed by atoms with van der Waals surface area (Å²) in [4.78, 5) is 18.9. The molecular weight excluding hydrogens is 252 g/mol. The van der Waals surface area contributed by atoms with Crippen LogP contribution in [-0.4, -0.2) is 32.3 Å². The number of carbonyl (C=O) groups excluding carboxylic acids is 1. The molecule has 1 aliphatic carbocycles. The molecule has 2 aromatic heterocycles. The van der Waals surface area contributed by atoms with Crippen molar-refractivity contribution in [2.24, 2.45) is 5.73 Å². The minimum atomic E-state index is -0.0661. The SMILES string of the molecule is NC1CCC(=O)N(C2CC2)C1c1cn2ccccc2n1. The summed E-state index contributed by atoms with van der Waals surface area (Å²) in [5, 5.41) is 0. The van der Waals surface area contributed by atoms with Gasteiger partial charge < -0.3 is 15.0 Å². The lowest BCUT2D eigenvalue weighted by atomic mass is 9.94. The van der Waals surface area contributed by atoms with Crippen molar-refractivity contribution in [3.63, 3.8) is 0 Å². The van der Waals surface area contributed by atoms with Gasteiger partial charge >= 0.3 is 0 Å². The summed E-state index contributed by atoms with van der Waals surface area (Å²) in [6.07, 6.45) is 7.50. The fourth-order valence-electron chi connectivity index (χ4n) is 3.18. The molecule has 2 unspecified atom stereocenters. The monoisotopic (exact) mass is 270 g/mol. The Hall–Kier alpha value is -1.88. The van der Waals surface area contributed by atoms with Gasteiger partial charge in [-0.1, -0.05) is 6.07 Å². The maximum atomic E-state index is 12.3. The Bertz CT molecular complexity index is 628. The largest absolute Gasteiger partial charge is 0.329 e. The van der Waals surface area contributed by atoms with Crippen LogP contribution in [-0.2, 0) is 4.79 Å². The maximum Gasteiger partial charge on any atom is 0.223 e. The molecule has 104 valence electrons. The number of hydrogen-bond acceptors (Lipinski definition) is 3. The van der Waals surface area contributed by atoms with Crippen molar-refractivity contribution in [1.82, 2.24) is 14.3 Å². The summed E-state index contributed by atoms with van der Waals surface area (Å²) >= 11 is 0. The van der Waals surface area contributed by atoms with E-state index in [1.54, 1.807) is 0 Å². The highest BCUT2D eigenvalue weighted by Crippen LogP contribution is 2.39. The molecule has 2 N–H and O–H groups in total. The van der Waals surface area contributed by atoms with Crippen LogP contribution in [0.25, 0.3) is 5.65 Å². The van der Waals surface area contributed by atoms with Crippen molar-refractivity contribution in [3.8, 4) is 0 Å². The first-order valence-electron chi connectivity index (χ1n) is 7.24. The first-order chi connectivity index (χ1) is 9.74. The Morgan fingerprint density at radius 3 is 2.85 bits per heavy atom. The van der Waals surface area contributed by atoms with Crippen molar-refractivity contribution in [2.45, 2.75) is 43.8 Å². The molecule has 1 amide bonds. The molecule has 2 fully saturated rings. The average Bonchev–Trinajstić information content (AvgIpc) is 3.19. The van der Waals surface area contributed by atoms with Crippen LogP contribution >= 0.6 is 0 Å². The number of rotatable bonds is 2. The van der Waals surface area contributed by atoms with Crippen LogP contribution in [0.1, 0.15) is 37.4 Å². The molecule has 3 heterocycles. The van der Waals surface area contributed by atoms with Gasteiger partial charge in [0.1, 0.15) is 5.65 Å². The zero-order valence-electron chi connectivity index (χ0n) is 11.3. The first kappa shape index (κ1) is 11.9. The number of hydrogen-bond donors (Lipinski definition) is 1. The van der Waals surface area contributed by atoms with E-state index in [0.717, 1.165) is 30.6 Å². The van der Waals surface area contributed by atoms with Gasteiger partial charge in [-0.15, -0.1) is 0 Å². The Labute approximate surface area is 117 Å². The zero-order valence-corrected chi connectivity index (χ0v) is 11.3. The number of carbonyl (C=O) groups is 1. The Morgan fingerprint density at radius 2 is 2.10 bits per heavy atom. The molecule has 2 aromatic rings. The van der Waals surface area contributed by atoms with Crippen molar-refractivity contribution in [3.05, 3.63) is 36.3 Å². The Balaban J connectivity index is 1.78.